The first-order valence-electron chi connectivity index (χ1n) is 6.62. The van der Waals surface area contributed by atoms with Crippen LogP contribution in [0.15, 0.2) is 48.5 Å². The average molecular weight is 296 g/mol. The highest BCUT2D eigenvalue weighted by atomic mass is 16.4. The largest absolute Gasteiger partial charge is 0.478 e. The molecular formula is C16H12N2O4. The number of carbonyl (C=O) groups is 3. The molecule has 0 bridgehead atoms. The van der Waals surface area contributed by atoms with Gasteiger partial charge in [-0.25, -0.2) is 9.80 Å². The molecule has 22 heavy (non-hydrogen) atoms. The molecule has 0 fully saturated rings. The normalized spacial score (nSPS) is 12.9. The molecule has 3 rings (SSSR count). The van der Waals surface area contributed by atoms with Crippen LogP contribution in [0, 0.1) is 0 Å². The minimum atomic E-state index is -1.20. The van der Waals surface area contributed by atoms with Crippen LogP contribution in [0.2, 0.25) is 0 Å². The molecule has 0 aromatic heterocycles. The van der Waals surface area contributed by atoms with Gasteiger partial charge >= 0.3 is 5.97 Å². The van der Waals surface area contributed by atoms with Crippen molar-refractivity contribution in [3.63, 3.8) is 0 Å². The van der Waals surface area contributed by atoms with Gasteiger partial charge in [0.15, 0.2) is 0 Å². The van der Waals surface area contributed by atoms with Crippen LogP contribution in [0.4, 0.5) is 5.69 Å². The minimum Gasteiger partial charge on any atom is -0.478 e. The molecule has 1 aliphatic rings. The molecule has 1 heterocycles. The number of nitrogens with zero attached hydrogens (tertiary/aromatic N) is 1. The number of para-hydroxylation sites is 1. The first kappa shape index (κ1) is 13.8. The molecule has 0 spiro atoms. The van der Waals surface area contributed by atoms with Gasteiger partial charge in [0.2, 0.25) is 5.91 Å². The van der Waals surface area contributed by atoms with Crippen molar-refractivity contribution in [1.82, 2.24) is 5.43 Å². The van der Waals surface area contributed by atoms with Gasteiger partial charge in [-0.2, -0.15) is 0 Å². The molecule has 2 aromatic carbocycles. The van der Waals surface area contributed by atoms with Crippen LogP contribution in [0.25, 0.3) is 0 Å². The van der Waals surface area contributed by atoms with Gasteiger partial charge in [0.1, 0.15) is 0 Å². The highest BCUT2D eigenvalue weighted by molar-refractivity contribution is 6.09. The molecule has 2 amide bonds. The van der Waals surface area contributed by atoms with Gasteiger partial charge < -0.3 is 5.11 Å². The van der Waals surface area contributed by atoms with Crippen molar-refractivity contribution in [1.29, 1.82) is 0 Å². The fourth-order valence-corrected chi connectivity index (χ4v) is 2.41. The molecule has 1 aliphatic heterocycles. The lowest BCUT2D eigenvalue weighted by molar-refractivity contribution is -0.117. The fraction of sp³-hybridized carbons (Fsp3) is 0.0625. The van der Waals surface area contributed by atoms with E-state index in [1.54, 1.807) is 18.2 Å². The van der Waals surface area contributed by atoms with Crippen LogP contribution in [0.1, 0.15) is 26.3 Å². The Morgan fingerprint density at radius 3 is 2.36 bits per heavy atom. The van der Waals surface area contributed by atoms with Crippen LogP contribution < -0.4 is 10.4 Å². The molecular weight excluding hydrogens is 284 g/mol. The Balaban J connectivity index is 1.90. The number of nitrogens with one attached hydrogen (secondary N) is 1. The third kappa shape index (κ3) is 2.31. The van der Waals surface area contributed by atoms with Crippen molar-refractivity contribution in [3.05, 3.63) is 65.2 Å². The van der Waals surface area contributed by atoms with Gasteiger partial charge in [-0.15, -0.1) is 0 Å². The molecule has 6 nitrogen and oxygen atoms in total. The summed E-state index contributed by atoms with van der Waals surface area (Å²) in [6.07, 6.45) is 0.205. The number of rotatable bonds is 3. The smallest absolute Gasteiger partial charge is 0.336 e. The van der Waals surface area contributed by atoms with E-state index < -0.39 is 11.9 Å². The standard InChI is InChI=1S/C16H12N2O4/c19-14-9-10-5-1-4-8-13(10)18(14)17-15(20)11-6-2-3-7-12(11)16(21)22/h1-8H,9H2,(H,17,20)(H,21,22). The van der Waals surface area contributed by atoms with Gasteiger partial charge in [-0.05, 0) is 23.8 Å². The molecule has 2 N–H and O–H groups in total. The lowest BCUT2D eigenvalue weighted by atomic mass is 10.1. The molecule has 0 saturated carbocycles. The number of hydrogen-bond donors (Lipinski definition) is 2. The highest BCUT2D eigenvalue weighted by Gasteiger charge is 2.29. The summed E-state index contributed by atoms with van der Waals surface area (Å²) in [7, 11) is 0. The number of aromatic carboxylic acids is 1. The van der Waals surface area contributed by atoms with Gasteiger partial charge in [0, 0.05) is 0 Å². The summed E-state index contributed by atoms with van der Waals surface area (Å²) in [4.78, 5) is 35.5. The summed E-state index contributed by atoms with van der Waals surface area (Å²) in [5.74, 6) is -2.09. The number of amides is 2. The predicted molar refractivity (Wildman–Crippen MR) is 78.5 cm³/mol. The van der Waals surface area contributed by atoms with E-state index in [9.17, 15) is 14.4 Å². The first-order valence-corrected chi connectivity index (χ1v) is 6.62. The van der Waals surface area contributed by atoms with E-state index >= 15 is 0 Å². The van der Waals surface area contributed by atoms with E-state index in [0.29, 0.717) is 5.69 Å². The number of carbonyl (C=O) groups excluding carboxylic acids is 2. The Morgan fingerprint density at radius 2 is 1.64 bits per heavy atom. The molecule has 2 aromatic rings. The second-order valence-electron chi connectivity index (χ2n) is 4.83. The second-order valence-corrected chi connectivity index (χ2v) is 4.83. The van der Waals surface area contributed by atoms with E-state index in [0.717, 1.165) is 10.6 Å². The van der Waals surface area contributed by atoms with Gasteiger partial charge in [0.05, 0.1) is 23.2 Å². The Morgan fingerprint density at radius 1 is 1.00 bits per heavy atom. The SMILES string of the molecule is O=C(O)c1ccccc1C(=O)NN1C(=O)Cc2ccccc21. The lowest BCUT2D eigenvalue weighted by Crippen LogP contribution is -2.44. The second kappa shape index (κ2) is 5.33. The monoisotopic (exact) mass is 296 g/mol. The van der Waals surface area contributed by atoms with Crippen LogP contribution >= 0.6 is 0 Å². The Labute approximate surface area is 126 Å². The summed E-state index contributed by atoms with van der Waals surface area (Å²) in [6.45, 7) is 0. The summed E-state index contributed by atoms with van der Waals surface area (Å²) >= 11 is 0. The van der Waals surface area contributed by atoms with Crippen LogP contribution in [0.5, 0.6) is 0 Å². The summed E-state index contributed by atoms with van der Waals surface area (Å²) < 4.78 is 0. The Hall–Kier alpha value is -3.15. The molecule has 0 aliphatic carbocycles. The average Bonchev–Trinajstić information content (AvgIpc) is 2.83. The van der Waals surface area contributed by atoms with E-state index in [1.165, 1.54) is 18.2 Å². The molecule has 6 heteroatoms. The van der Waals surface area contributed by atoms with E-state index in [4.69, 9.17) is 5.11 Å². The number of fused-ring (bicyclic) bond motifs is 1. The van der Waals surface area contributed by atoms with Crippen LogP contribution in [0.3, 0.4) is 0 Å². The first-order chi connectivity index (χ1) is 10.6. The Bertz CT molecular complexity index is 785. The maximum atomic E-state index is 12.3. The number of hydrazine groups is 1. The fourth-order valence-electron chi connectivity index (χ4n) is 2.41. The number of hydrogen-bond acceptors (Lipinski definition) is 3. The van der Waals surface area contributed by atoms with Gasteiger partial charge in [0.25, 0.3) is 5.91 Å². The minimum absolute atomic E-state index is 0.00665. The number of carboxylic acid groups (broad SMARTS) is 1. The molecule has 0 saturated heterocycles. The zero-order valence-electron chi connectivity index (χ0n) is 11.4. The summed E-state index contributed by atoms with van der Waals surface area (Å²) in [5, 5.41) is 10.3. The maximum absolute atomic E-state index is 12.3. The van der Waals surface area contributed by atoms with Gasteiger partial charge in [-0.1, -0.05) is 30.3 Å². The van der Waals surface area contributed by atoms with Crippen LogP contribution in [-0.4, -0.2) is 22.9 Å². The Kier molecular flexibility index (Phi) is 3.34. The highest BCUT2D eigenvalue weighted by Crippen LogP contribution is 2.26. The summed E-state index contributed by atoms with van der Waals surface area (Å²) in [5.41, 5.74) is 3.80. The van der Waals surface area contributed by atoms with E-state index in [-0.39, 0.29) is 23.5 Å². The number of carboxylic acids is 1. The van der Waals surface area contributed by atoms with Crippen molar-refractivity contribution in [2.24, 2.45) is 0 Å². The van der Waals surface area contributed by atoms with Gasteiger partial charge in [-0.3, -0.25) is 15.0 Å². The number of benzene rings is 2. The molecule has 0 radical (unpaired) electrons. The van der Waals surface area contributed by atoms with E-state index in [2.05, 4.69) is 5.43 Å². The topological polar surface area (TPSA) is 86.7 Å². The van der Waals surface area contributed by atoms with Crippen LogP contribution in [-0.2, 0) is 11.2 Å². The third-order valence-corrected chi connectivity index (χ3v) is 3.44. The maximum Gasteiger partial charge on any atom is 0.336 e. The van der Waals surface area contributed by atoms with Crippen molar-refractivity contribution in [2.45, 2.75) is 6.42 Å². The molecule has 0 unspecified atom stereocenters. The van der Waals surface area contributed by atoms with E-state index in [1.807, 2.05) is 12.1 Å². The lowest BCUT2D eigenvalue weighted by Gasteiger charge is -2.19. The molecule has 110 valence electrons. The van der Waals surface area contributed by atoms with Crippen molar-refractivity contribution < 1.29 is 19.5 Å². The van der Waals surface area contributed by atoms with Crippen molar-refractivity contribution in [3.8, 4) is 0 Å². The quantitative estimate of drug-likeness (QED) is 0.901. The summed E-state index contributed by atoms with van der Waals surface area (Å²) in [6, 6.07) is 13.0. The van der Waals surface area contributed by atoms with Crippen molar-refractivity contribution in [2.75, 3.05) is 5.01 Å². The zero-order chi connectivity index (χ0) is 15.7. The molecule has 0 atom stereocenters. The zero-order valence-corrected chi connectivity index (χ0v) is 11.4. The predicted octanol–water partition coefficient (Wildman–Crippen LogP) is 1.62. The third-order valence-electron chi connectivity index (χ3n) is 3.44. The van der Waals surface area contributed by atoms with Crippen molar-refractivity contribution >= 4 is 23.5 Å². The number of anilines is 1.